The van der Waals surface area contributed by atoms with Crippen molar-refractivity contribution in [1.82, 2.24) is 29.7 Å². The third-order valence-corrected chi connectivity index (χ3v) is 7.70. The normalized spacial score (nSPS) is 19.3. The van der Waals surface area contributed by atoms with Crippen LogP contribution in [-0.4, -0.2) is 93.3 Å². The minimum Gasteiger partial charge on any atom is -0.379 e. The lowest BCUT2D eigenvalue weighted by atomic mass is 9.90. The predicted octanol–water partition coefficient (Wildman–Crippen LogP) is 4.51. The van der Waals surface area contributed by atoms with Gasteiger partial charge in [-0.25, -0.2) is 28.5 Å². The molecule has 4 heterocycles. The summed E-state index contributed by atoms with van der Waals surface area (Å²) in [6.07, 6.45) is 9.09. The molecule has 0 spiro atoms. The molecule has 2 N–H and O–H groups in total. The summed E-state index contributed by atoms with van der Waals surface area (Å²) in [6.45, 7) is 5.05. The first-order valence-electron chi connectivity index (χ1n) is 14.6. The lowest BCUT2D eigenvalue weighted by Crippen LogP contribution is -2.46. The van der Waals surface area contributed by atoms with Crippen LogP contribution in [0.4, 0.5) is 19.4 Å². The molecule has 0 bridgehead atoms. The predicted molar refractivity (Wildman–Crippen MR) is 152 cm³/mol. The van der Waals surface area contributed by atoms with Crippen molar-refractivity contribution in [2.24, 2.45) is 0 Å². The van der Waals surface area contributed by atoms with Crippen LogP contribution < -0.4 is 5.32 Å². The summed E-state index contributed by atoms with van der Waals surface area (Å²) in [4.78, 5) is 44.5. The smallest absolute Gasteiger partial charge is 0.327 e. The number of H-pyrrole nitrogens is 1. The standard InChI is InChI=1S/C29H37F2N7O4/c1-2-41-11-12-42-10-5-3-4-9-37-18-25(39)38(29(37)40)21-8-6-7-20(14-21)35-28-24(31)17-34-27(36-28)23-16-33-26-22(23)13-19(30)15-32-26/h13,15-17,20-21H,2-12,14,18H2,1H3,(H,32,33)(H,34,35,36)/t20-,21+/m0/s1. The molecule has 0 unspecified atom stereocenters. The van der Waals surface area contributed by atoms with Gasteiger partial charge < -0.3 is 24.7 Å². The van der Waals surface area contributed by atoms with Crippen molar-refractivity contribution >= 4 is 28.8 Å². The fraction of sp³-hybridized carbons (Fsp3) is 0.552. The largest absolute Gasteiger partial charge is 0.379 e. The van der Waals surface area contributed by atoms with Crippen LogP contribution in [0.15, 0.2) is 24.7 Å². The maximum Gasteiger partial charge on any atom is 0.327 e. The number of urea groups is 1. The molecule has 13 heteroatoms. The minimum absolute atomic E-state index is 0.0203. The number of amides is 3. The van der Waals surface area contributed by atoms with Crippen LogP contribution in [0.25, 0.3) is 22.4 Å². The van der Waals surface area contributed by atoms with Crippen LogP contribution in [0.1, 0.15) is 51.9 Å². The van der Waals surface area contributed by atoms with E-state index >= 15 is 0 Å². The molecule has 1 saturated carbocycles. The van der Waals surface area contributed by atoms with Gasteiger partial charge in [0.1, 0.15) is 18.0 Å². The SMILES string of the molecule is CCOCCOCCCCCN1CC(=O)N([C@@H]2CCC[C@H](Nc3nc(-c4c[nH]c5ncc(F)cc45)ncc3F)C2)C1=O. The first-order chi connectivity index (χ1) is 20.4. The number of pyridine rings is 1. The Hall–Kier alpha value is -3.71. The van der Waals surface area contributed by atoms with Gasteiger partial charge in [-0.2, -0.15) is 0 Å². The summed E-state index contributed by atoms with van der Waals surface area (Å²) in [5.74, 6) is -1.07. The quantitative estimate of drug-likeness (QED) is 0.209. The summed E-state index contributed by atoms with van der Waals surface area (Å²) in [6, 6.07) is 0.606. The van der Waals surface area contributed by atoms with Crippen molar-refractivity contribution in [3.8, 4) is 11.4 Å². The highest BCUT2D eigenvalue weighted by molar-refractivity contribution is 6.02. The lowest BCUT2D eigenvalue weighted by Gasteiger charge is -2.34. The second kappa shape index (κ2) is 14.0. The Labute approximate surface area is 243 Å². The zero-order valence-corrected chi connectivity index (χ0v) is 23.8. The van der Waals surface area contributed by atoms with E-state index in [1.165, 1.54) is 11.0 Å². The van der Waals surface area contributed by atoms with Crippen LogP contribution in [0.3, 0.4) is 0 Å². The van der Waals surface area contributed by atoms with Crippen LogP contribution in [0.5, 0.6) is 0 Å². The number of nitrogens with zero attached hydrogens (tertiary/aromatic N) is 5. The molecule has 1 saturated heterocycles. The van der Waals surface area contributed by atoms with Crippen LogP contribution >= 0.6 is 0 Å². The van der Waals surface area contributed by atoms with Crippen molar-refractivity contribution < 1.29 is 27.8 Å². The Bertz CT molecular complexity index is 1390. The molecular weight excluding hydrogens is 548 g/mol. The Balaban J connectivity index is 1.15. The van der Waals surface area contributed by atoms with Gasteiger partial charge in [-0.15, -0.1) is 0 Å². The molecule has 3 aromatic heterocycles. The maximum atomic E-state index is 14.8. The number of anilines is 1. The molecule has 42 heavy (non-hydrogen) atoms. The van der Waals surface area contributed by atoms with Gasteiger partial charge in [0.2, 0.25) is 0 Å². The first kappa shape index (κ1) is 29.8. The highest BCUT2D eigenvalue weighted by atomic mass is 19.1. The maximum absolute atomic E-state index is 14.8. The molecule has 1 aliphatic heterocycles. The van der Waals surface area contributed by atoms with Crippen LogP contribution in [-0.2, 0) is 14.3 Å². The third-order valence-electron chi connectivity index (χ3n) is 7.70. The van der Waals surface area contributed by atoms with Crippen molar-refractivity contribution in [3.63, 3.8) is 0 Å². The van der Waals surface area contributed by atoms with Gasteiger partial charge in [-0.1, -0.05) is 0 Å². The van der Waals surface area contributed by atoms with Crippen molar-refractivity contribution in [1.29, 1.82) is 0 Å². The minimum atomic E-state index is -0.621. The number of carbonyl (C=O) groups excluding carboxylic acids is 2. The van der Waals surface area contributed by atoms with E-state index in [-0.39, 0.29) is 42.2 Å². The summed E-state index contributed by atoms with van der Waals surface area (Å²) in [5, 5.41) is 3.66. The molecule has 1 aliphatic carbocycles. The summed E-state index contributed by atoms with van der Waals surface area (Å²) in [5.41, 5.74) is 0.976. The molecule has 226 valence electrons. The number of aromatic amines is 1. The fourth-order valence-electron chi connectivity index (χ4n) is 5.63. The number of ether oxygens (including phenoxy) is 2. The molecule has 3 aromatic rings. The average molecular weight is 586 g/mol. The van der Waals surface area contributed by atoms with Gasteiger partial charge in [-0.3, -0.25) is 9.69 Å². The zero-order chi connectivity index (χ0) is 29.5. The Morgan fingerprint density at radius 1 is 1.07 bits per heavy atom. The van der Waals surface area contributed by atoms with E-state index in [0.717, 1.165) is 44.5 Å². The Morgan fingerprint density at radius 3 is 2.79 bits per heavy atom. The van der Waals surface area contributed by atoms with E-state index in [4.69, 9.17) is 9.47 Å². The highest BCUT2D eigenvalue weighted by Gasteiger charge is 2.41. The molecule has 11 nitrogen and oxygen atoms in total. The molecular formula is C29H37F2N7O4. The monoisotopic (exact) mass is 585 g/mol. The highest BCUT2D eigenvalue weighted by Crippen LogP contribution is 2.31. The van der Waals surface area contributed by atoms with E-state index in [2.05, 4.69) is 25.3 Å². The molecule has 2 aliphatic rings. The summed E-state index contributed by atoms with van der Waals surface area (Å²) in [7, 11) is 0. The third kappa shape index (κ3) is 7.01. The number of aromatic nitrogens is 4. The number of nitrogens with one attached hydrogen (secondary N) is 2. The van der Waals surface area contributed by atoms with E-state index in [1.807, 2.05) is 6.92 Å². The molecule has 3 amide bonds. The number of halogens is 2. The van der Waals surface area contributed by atoms with Crippen molar-refractivity contribution in [3.05, 3.63) is 36.3 Å². The Kier molecular flexibility index (Phi) is 9.90. The molecule has 0 radical (unpaired) electrons. The van der Waals surface area contributed by atoms with E-state index in [0.29, 0.717) is 62.4 Å². The van der Waals surface area contributed by atoms with Crippen molar-refractivity contribution in [2.75, 3.05) is 44.8 Å². The van der Waals surface area contributed by atoms with E-state index in [9.17, 15) is 18.4 Å². The lowest BCUT2D eigenvalue weighted by molar-refractivity contribution is -0.127. The van der Waals surface area contributed by atoms with Gasteiger partial charge in [0, 0.05) is 49.0 Å². The number of hydrogen-bond donors (Lipinski definition) is 2. The number of fused-ring (bicyclic) bond motifs is 1. The number of hydrogen-bond acceptors (Lipinski definition) is 8. The summed E-state index contributed by atoms with van der Waals surface area (Å²) >= 11 is 0. The number of rotatable bonds is 14. The van der Waals surface area contributed by atoms with Crippen LogP contribution in [0.2, 0.25) is 0 Å². The molecule has 0 aromatic carbocycles. The summed E-state index contributed by atoms with van der Waals surface area (Å²) < 4.78 is 39.3. The molecule has 5 rings (SSSR count). The van der Waals surface area contributed by atoms with E-state index < -0.39 is 11.6 Å². The molecule has 2 atom stereocenters. The van der Waals surface area contributed by atoms with Crippen molar-refractivity contribution in [2.45, 2.75) is 64.0 Å². The average Bonchev–Trinajstić information content (AvgIpc) is 3.52. The number of unbranched alkanes of at least 4 members (excludes halogenated alkanes) is 2. The number of imide groups is 1. The second-order valence-corrected chi connectivity index (χ2v) is 10.6. The van der Waals surface area contributed by atoms with Gasteiger partial charge in [0.25, 0.3) is 5.91 Å². The van der Waals surface area contributed by atoms with E-state index in [1.54, 1.807) is 11.1 Å². The van der Waals surface area contributed by atoms with Gasteiger partial charge in [0.05, 0.1) is 25.6 Å². The topological polar surface area (TPSA) is 126 Å². The first-order valence-corrected chi connectivity index (χ1v) is 14.6. The van der Waals surface area contributed by atoms with Crippen LogP contribution in [0, 0.1) is 11.6 Å². The van der Waals surface area contributed by atoms with Gasteiger partial charge in [-0.05, 0) is 57.9 Å². The van der Waals surface area contributed by atoms with Gasteiger partial charge in [0.15, 0.2) is 17.5 Å². The fourth-order valence-corrected chi connectivity index (χ4v) is 5.63. The molecule has 2 fully saturated rings. The Morgan fingerprint density at radius 2 is 1.93 bits per heavy atom. The van der Waals surface area contributed by atoms with Gasteiger partial charge >= 0.3 is 6.03 Å². The second-order valence-electron chi connectivity index (χ2n) is 10.6. The zero-order valence-electron chi connectivity index (χ0n) is 23.8. The number of carbonyl (C=O) groups is 2.